The van der Waals surface area contributed by atoms with E-state index in [-0.39, 0.29) is 11.8 Å². The maximum absolute atomic E-state index is 12.4. The van der Waals surface area contributed by atoms with Crippen LogP contribution >= 0.6 is 22.7 Å². The van der Waals surface area contributed by atoms with Crippen LogP contribution in [0.25, 0.3) is 0 Å². The lowest BCUT2D eigenvalue weighted by Crippen LogP contribution is -2.21. The summed E-state index contributed by atoms with van der Waals surface area (Å²) in [5.74, 6) is -0.663. The second-order valence-electron chi connectivity index (χ2n) is 7.09. The first-order valence-electron chi connectivity index (χ1n) is 10.4. The summed E-state index contributed by atoms with van der Waals surface area (Å²) >= 11 is 3.33. The highest BCUT2D eigenvalue weighted by Crippen LogP contribution is 2.18. The zero-order valence-electron chi connectivity index (χ0n) is 18.6. The second kappa shape index (κ2) is 11.0. The summed E-state index contributed by atoms with van der Waals surface area (Å²) in [4.78, 5) is 29.4. The minimum atomic E-state index is -0.332. The normalized spacial score (nSPS) is 12.0. The maximum Gasteiger partial charge on any atom is 0.271 e. The molecule has 0 saturated carbocycles. The van der Waals surface area contributed by atoms with Crippen molar-refractivity contribution in [3.05, 3.63) is 79.2 Å². The minimum absolute atomic E-state index is 0.332. The third-order valence-corrected chi connectivity index (χ3v) is 7.47. The Morgan fingerprint density at radius 3 is 1.38 bits per heavy atom. The number of hydrazone groups is 2. The standard InChI is InChI=1S/C24H26N4O2S2/c1-5-19-11-13-21(31-19)15(3)25-27-23(29)17-7-9-18(10-8-17)24(30)28-26-16(4)22-14-12-20(6-2)32-22/h7-14H,5-6H2,1-4H3,(H,27,29)(H,28,30). The van der Waals surface area contributed by atoms with Gasteiger partial charge in [0.25, 0.3) is 11.8 Å². The van der Waals surface area contributed by atoms with Crippen molar-refractivity contribution in [2.24, 2.45) is 10.2 Å². The van der Waals surface area contributed by atoms with E-state index in [2.05, 4.69) is 47.0 Å². The summed E-state index contributed by atoms with van der Waals surface area (Å²) in [7, 11) is 0. The third kappa shape index (κ3) is 5.99. The molecule has 6 nitrogen and oxygen atoms in total. The van der Waals surface area contributed by atoms with Crippen LogP contribution in [0.2, 0.25) is 0 Å². The molecule has 0 fully saturated rings. The van der Waals surface area contributed by atoms with Gasteiger partial charge < -0.3 is 0 Å². The number of hydrogen-bond acceptors (Lipinski definition) is 6. The van der Waals surface area contributed by atoms with Gasteiger partial charge >= 0.3 is 0 Å². The molecule has 0 spiro atoms. The van der Waals surface area contributed by atoms with Gasteiger partial charge in [0.1, 0.15) is 0 Å². The zero-order valence-corrected chi connectivity index (χ0v) is 20.2. The van der Waals surface area contributed by atoms with Gasteiger partial charge in [-0.2, -0.15) is 10.2 Å². The Hall–Kier alpha value is -3.10. The van der Waals surface area contributed by atoms with Crippen LogP contribution in [0.4, 0.5) is 0 Å². The van der Waals surface area contributed by atoms with Crippen LogP contribution in [-0.2, 0) is 12.8 Å². The number of nitrogens with zero attached hydrogens (tertiary/aromatic N) is 2. The Bertz CT molecular complexity index is 1070. The summed E-state index contributed by atoms with van der Waals surface area (Å²) in [6, 6.07) is 14.5. The van der Waals surface area contributed by atoms with Gasteiger partial charge in [0, 0.05) is 20.9 Å². The molecular formula is C24H26N4O2S2. The van der Waals surface area contributed by atoms with Crippen LogP contribution in [0.3, 0.4) is 0 Å². The monoisotopic (exact) mass is 466 g/mol. The molecule has 8 heteroatoms. The molecule has 2 heterocycles. The zero-order chi connectivity index (χ0) is 23.1. The number of thiophene rings is 2. The lowest BCUT2D eigenvalue weighted by Gasteiger charge is -2.04. The van der Waals surface area contributed by atoms with Gasteiger partial charge in [0.2, 0.25) is 0 Å². The van der Waals surface area contributed by atoms with E-state index in [9.17, 15) is 9.59 Å². The number of carbonyl (C=O) groups excluding carboxylic acids is 2. The highest BCUT2D eigenvalue weighted by atomic mass is 32.1. The summed E-state index contributed by atoms with van der Waals surface area (Å²) in [6.07, 6.45) is 1.95. The number of rotatable bonds is 8. The van der Waals surface area contributed by atoms with E-state index in [0.29, 0.717) is 11.1 Å². The number of benzene rings is 1. The fourth-order valence-corrected chi connectivity index (χ4v) is 4.59. The molecule has 0 atom stereocenters. The highest BCUT2D eigenvalue weighted by Gasteiger charge is 2.10. The second-order valence-corrected chi connectivity index (χ2v) is 9.43. The molecule has 0 aliphatic rings. The van der Waals surface area contributed by atoms with Crippen molar-refractivity contribution in [1.29, 1.82) is 0 Å². The van der Waals surface area contributed by atoms with E-state index in [0.717, 1.165) is 34.0 Å². The van der Waals surface area contributed by atoms with Gasteiger partial charge in [0.15, 0.2) is 0 Å². The average molecular weight is 467 g/mol. The van der Waals surface area contributed by atoms with Gasteiger partial charge in [-0.25, -0.2) is 10.9 Å². The van der Waals surface area contributed by atoms with Crippen molar-refractivity contribution in [1.82, 2.24) is 10.9 Å². The topological polar surface area (TPSA) is 82.9 Å². The van der Waals surface area contributed by atoms with Crippen molar-refractivity contribution in [3.63, 3.8) is 0 Å². The fraction of sp³-hybridized carbons (Fsp3) is 0.250. The molecule has 3 aromatic rings. The maximum atomic E-state index is 12.4. The Morgan fingerprint density at radius 1 is 0.688 bits per heavy atom. The van der Waals surface area contributed by atoms with E-state index in [1.165, 1.54) is 9.75 Å². The highest BCUT2D eigenvalue weighted by molar-refractivity contribution is 7.14. The van der Waals surface area contributed by atoms with Crippen molar-refractivity contribution >= 4 is 45.9 Å². The summed E-state index contributed by atoms with van der Waals surface area (Å²) in [5, 5.41) is 8.39. The summed E-state index contributed by atoms with van der Waals surface area (Å²) < 4.78 is 0. The molecule has 32 heavy (non-hydrogen) atoms. The SMILES string of the molecule is CCc1ccc(C(C)=NNC(=O)c2ccc(C(=O)NN=C(C)c3ccc(CC)s3)cc2)s1. The number of nitrogens with one attached hydrogen (secondary N) is 2. The van der Waals surface area contributed by atoms with E-state index in [1.54, 1.807) is 46.9 Å². The van der Waals surface area contributed by atoms with Gasteiger partial charge in [-0.05, 0) is 75.2 Å². The predicted molar refractivity (Wildman–Crippen MR) is 133 cm³/mol. The van der Waals surface area contributed by atoms with Crippen LogP contribution in [0, 0.1) is 0 Å². The Labute approximate surface area is 196 Å². The Balaban J connectivity index is 1.58. The summed E-state index contributed by atoms with van der Waals surface area (Å²) in [6.45, 7) is 7.93. The van der Waals surface area contributed by atoms with E-state index < -0.39 is 0 Å². The molecule has 0 radical (unpaired) electrons. The largest absolute Gasteiger partial charge is 0.271 e. The molecule has 0 saturated heterocycles. The molecule has 2 N–H and O–H groups in total. The number of carbonyl (C=O) groups is 2. The quantitative estimate of drug-likeness (QED) is 0.351. The summed E-state index contributed by atoms with van der Waals surface area (Å²) in [5.41, 5.74) is 7.49. The molecule has 2 aromatic heterocycles. The van der Waals surface area contributed by atoms with Crippen molar-refractivity contribution < 1.29 is 9.59 Å². The van der Waals surface area contributed by atoms with Gasteiger partial charge in [-0.15, -0.1) is 22.7 Å². The minimum Gasteiger partial charge on any atom is -0.267 e. The van der Waals surface area contributed by atoms with Gasteiger partial charge in [-0.3, -0.25) is 9.59 Å². The van der Waals surface area contributed by atoms with Gasteiger partial charge in [-0.1, -0.05) is 13.8 Å². The van der Waals surface area contributed by atoms with Gasteiger partial charge in [0.05, 0.1) is 21.2 Å². The molecule has 2 amide bonds. The molecule has 0 aliphatic heterocycles. The molecular weight excluding hydrogens is 440 g/mol. The Kier molecular flexibility index (Phi) is 8.08. The van der Waals surface area contributed by atoms with Crippen molar-refractivity contribution in [3.8, 4) is 0 Å². The lowest BCUT2D eigenvalue weighted by molar-refractivity contribution is 0.0943. The van der Waals surface area contributed by atoms with Crippen molar-refractivity contribution in [2.45, 2.75) is 40.5 Å². The molecule has 0 unspecified atom stereocenters. The van der Waals surface area contributed by atoms with Crippen LogP contribution in [-0.4, -0.2) is 23.2 Å². The van der Waals surface area contributed by atoms with E-state index in [1.807, 2.05) is 26.0 Å². The average Bonchev–Trinajstić information content (AvgIpc) is 3.50. The fourth-order valence-electron chi connectivity index (χ4n) is 2.81. The van der Waals surface area contributed by atoms with Crippen LogP contribution in [0.1, 0.15) is 67.9 Å². The smallest absolute Gasteiger partial charge is 0.267 e. The first kappa shape index (κ1) is 23.6. The first-order valence-corrected chi connectivity index (χ1v) is 12.0. The van der Waals surface area contributed by atoms with E-state index >= 15 is 0 Å². The first-order chi connectivity index (χ1) is 15.4. The van der Waals surface area contributed by atoms with Crippen molar-refractivity contribution in [2.75, 3.05) is 0 Å². The third-order valence-electron chi connectivity index (χ3n) is 4.79. The number of hydrogen-bond donors (Lipinski definition) is 2. The van der Waals surface area contributed by atoms with Crippen LogP contribution in [0.15, 0.2) is 58.7 Å². The lowest BCUT2D eigenvalue weighted by atomic mass is 10.1. The predicted octanol–water partition coefficient (Wildman–Crippen LogP) is 5.24. The molecule has 166 valence electrons. The molecule has 3 rings (SSSR count). The van der Waals surface area contributed by atoms with Crippen LogP contribution in [0.5, 0.6) is 0 Å². The van der Waals surface area contributed by atoms with Crippen LogP contribution < -0.4 is 10.9 Å². The molecule has 1 aromatic carbocycles. The Morgan fingerprint density at radius 2 is 1.06 bits per heavy atom. The molecule has 0 bridgehead atoms. The number of aryl methyl sites for hydroxylation is 2. The molecule has 0 aliphatic carbocycles. The van der Waals surface area contributed by atoms with E-state index in [4.69, 9.17) is 0 Å². The number of amides is 2.